The maximum absolute atomic E-state index is 13.4. The summed E-state index contributed by atoms with van der Waals surface area (Å²) < 4.78 is 26.7. The number of amides is 1. The first-order chi connectivity index (χ1) is 9.10. The Morgan fingerprint density at radius 1 is 1.26 bits per heavy atom. The first-order valence-electron chi connectivity index (χ1n) is 6.76. The summed E-state index contributed by atoms with van der Waals surface area (Å²) in [7, 11) is 1.58. The van der Waals surface area contributed by atoms with Crippen LogP contribution in [-0.2, 0) is 4.79 Å². The van der Waals surface area contributed by atoms with Gasteiger partial charge in [-0.05, 0) is 42.4 Å². The minimum absolute atomic E-state index is 0.0819. The predicted molar refractivity (Wildman–Crippen MR) is 69.7 cm³/mol. The van der Waals surface area contributed by atoms with E-state index < -0.39 is 11.6 Å². The lowest BCUT2D eigenvalue weighted by Crippen LogP contribution is -2.23. The second kappa shape index (κ2) is 6.13. The summed E-state index contributed by atoms with van der Waals surface area (Å²) in [5.41, 5.74) is 0.605. The Bertz CT molecular complexity index is 435. The van der Waals surface area contributed by atoms with Crippen LogP contribution in [0.4, 0.5) is 8.78 Å². The second-order valence-corrected chi connectivity index (χ2v) is 5.23. The van der Waals surface area contributed by atoms with E-state index in [0.717, 1.165) is 31.7 Å². The first-order valence-corrected chi connectivity index (χ1v) is 6.76. The van der Waals surface area contributed by atoms with Crippen LogP contribution < -0.4 is 5.32 Å². The zero-order chi connectivity index (χ0) is 13.8. The summed E-state index contributed by atoms with van der Waals surface area (Å²) in [5.74, 6) is -0.975. The molecule has 104 valence electrons. The Labute approximate surface area is 112 Å². The van der Waals surface area contributed by atoms with Gasteiger partial charge in [0.2, 0.25) is 5.91 Å². The molecule has 0 heterocycles. The molecule has 1 unspecified atom stereocenters. The average molecular weight is 267 g/mol. The van der Waals surface area contributed by atoms with E-state index in [1.54, 1.807) is 7.05 Å². The molecule has 1 atom stereocenters. The van der Waals surface area contributed by atoms with Gasteiger partial charge >= 0.3 is 0 Å². The molecule has 1 aromatic carbocycles. The molecule has 19 heavy (non-hydrogen) atoms. The molecule has 1 aliphatic rings. The molecule has 0 aliphatic heterocycles. The van der Waals surface area contributed by atoms with Gasteiger partial charge in [0, 0.05) is 19.5 Å². The number of hydrogen-bond donors (Lipinski definition) is 1. The standard InChI is InChI=1S/C15H19F2NO/c1-18-15(19)9-14(10-4-2-3-5-10)11-6-12(16)8-13(17)7-11/h6-8,10,14H,2-5,9H2,1H3,(H,18,19). The lowest BCUT2D eigenvalue weighted by Gasteiger charge is -2.23. The van der Waals surface area contributed by atoms with Gasteiger partial charge in [0.05, 0.1) is 0 Å². The molecular weight excluding hydrogens is 248 g/mol. The van der Waals surface area contributed by atoms with Gasteiger partial charge in [-0.25, -0.2) is 8.78 Å². The number of hydrogen-bond acceptors (Lipinski definition) is 1. The van der Waals surface area contributed by atoms with Crippen LogP contribution in [0.15, 0.2) is 18.2 Å². The van der Waals surface area contributed by atoms with Gasteiger partial charge in [-0.2, -0.15) is 0 Å². The van der Waals surface area contributed by atoms with E-state index in [2.05, 4.69) is 5.32 Å². The van der Waals surface area contributed by atoms with Crippen molar-refractivity contribution in [2.24, 2.45) is 5.92 Å². The van der Waals surface area contributed by atoms with Crippen LogP contribution in [0.3, 0.4) is 0 Å². The molecule has 0 bridgehead atoms. The minimum atomic E-state index is -0.574. The highest BCUT2D eigenvalue weighted by molar-refractivity contribution is 5.76. The monoisotopic (exact) mass is 267 g/mol. The lowest BCUT2D eigenvalue weighted by atomic mass is 9.82. The van der Waals surface area contributed by atoms with Gasteiger partial charge in [-0.1, -0.05) is 12.8 Å². The zero-order valence-corrected chi connectivity index (χ0v) is 11.1. The molecule has 1 fully saturated rings. The summed E-state index contributed by atoms with van der Waals surface area (Å²) >= 11 is 0. The van der Waals surface area contributed by atoms with Crippen LogP contribution >= 0.6 is 0 Å². The number of carbonyl (C=O) groups excluding carboxylic acids is 1. The van der Waals surface area contributed by atoms with E-state index in [1.807, 2.05) is 0 Å². The largest absolute Gasteiger partial charge is 0.359 e. The van der Waals surface area contributed by atoms with E-state index >= 15 is 0 Å². The van der Waals surface area contributed by atoms with Crippen molar-refractivity contribution in [1.29, 1.82) is 0 Å². The van der Waals surface area contributed by atoms with E-state index in [9.17, 15) is 13.6 Å². The number of nitrogens with one attached hydrogen (secondary N) is 1. The normalized spacial score (nSPS) is 17.4. The highest BCUT2D eigenvalue weighted by atomic mass is 19.1. The van der Waals surface area contributed by atoms with Crippen molar-refractivity contribution in [2.75, 3.05) is 7.05 Å². The maximum Gasteiger partial charge on any atom is 0.220 e. The predicted octanol–water partition coefficient (Wildman–Crippen LogP) is 3.37. The van der Waals surface area contributed by atoms with Gasteiger partial charge in [0.15, 0.2) is 0 Å². The highest BCUT2D eigenvalue weighted by Gasteiger charge is 2.28. The number of halogens is 2. The van der Waals surface area contributed by atoms with Gasteiger partial charge in [-0.3, -0.25) is 4.79 Å². The minimum Gasteiger partial charge on any atom is -0.359 e. The van der Waals surface area contributed by atoms with Gasteiger partial charge in [-0.15, -0.1) is 0 Å². The molecule has 1 amide bonds. The Morgan fingerprint density at radius 2 is 1.84 bits per heavy atom. The van der Waals surface area contributed by atoms with Gasteiger partial charge in [0.25, 0.3) is 0 Å². The third kappa shape index (κ3) is 3.52. The van der Waals surface area contributed by atoms with Crippen molar-refractivity contribution in [3.8, 4) is 0 Å². The van der Waals surface area contributed by atoms with E-state index in [0.29, 0.717) is 17.9 Å². The molecule has 1 N–H and O–H groups in total. The fraction of sp³-hybridized carbons (Fsp3) is 0.533. The summed E-state index contributed by atoms with van der Waals surface area (Å²) in [5, 5.41) is 2.59. The van der Waals surface area contributed by atoms with Crippen molar-refractivity contribution < 1.29 is 13.6 Å². The Balaban J connectivity index is 2.26. The lowest BCUT2D eigenvalue weighted by molar-refractivity contribution is -0.121. The van der Waals surface area contributed by atoms with Crippen LogP contribution in [0.25, 0.3) is 0 Å². The molecule has 0 aromatic heterocycles. The van der Waals surface area contributed by atoms with Crippen molar-refractivity contribution in [3.05, 3.63) is 35.4 Å². The molecule has 1 aromatic rings. The average Bonchev–Trinajstić information content (AvgIpc) is 2.87. The van der Waals surface area contributed by atoms with Crippen molar-refractivity contribution in [3.63, 3.8) is 0 Å². The first kappa shape index (κ1) is 14.0. The molecular formula is C15H19F2NO. The summed E-state index contributed by atoms with van der Waals surface area (Å²) in [6.07, 6.45) is 4.61. The van der Waals surface area contributed by atoms with E-state index in [4.69, 9.17) is 0 Å². The van der Waals surface area contributed by atoms with Crippen LogP contribution in [-0.4, -0.2) is 13.0 Å². The van der Waals surface area contributed by atoms with Crippen LogP contribution in [0.1, 0.15) is 43.6 Å². The smallest absolute Gasteiger partial charge is 0.220 e. The molecule has 0 saturated heterocycles. The second-order valence-electron chi connectivity index (χ2n) is 5.23. The Hall–Kier alpha value is -1.45. The van der Waals surface area contributed by atoms with E-state index in [1.165, 1.54) is 12.1 Å². The molecule has 1 saturated carbocycles. The van der Waals surface area contributed by atoms with Crippen LogP contribution in [0.5, 0.6) is 0 Å². The molecule has 4 heteroatoms. The Kier molecular flexibility index (Phi) is 4.51. The number of rotatable bonds is 4. The van der Waals surface area contributed by atoms with Gasteiger partial charge < -0.3 is 5.32 Å². The molecule has 1 aliphatic carbocycles. The summed E-state index contributed by atoms with van der Waals surface area (Å²) in [4.78, 5) is 11.6. The Morgan fingerprint density at radius 3 is 2.37 bits per heavy atom. The number of carbonyl (C=O) groups is 1. The van der Waals surface area contributed by atoms with Crippen LogP contribution in [0, 0.1) is 17.6 Å². The van der Waals surface area contributed by atoms with Gasteiger partial charge in [0.1, 0.15) is 11.6 Å². The third-order valence-corrected chi connectivity index (χ3v) is 3.97. The highest BCUT2D eigenvalue weighted by Crippen LogP contribution is 2.39. The van der Waals surface area contributed by atoms with Crippen molar-refractivity contribution in [2.45, 2.75) is 38.0 Å². The molecule has 2 nitrogen and oxygen atoms in total. The molecule has 0 spiro atoms. The quantitative estimate of drug-likeness (QED) is 0.890. The van der Waals surface area contributed by atoms with Crippen molar-refractivity contribution >= 4 is 5.91 Å². The third-order valence-electron chi connectivity index (χ3n) is 3.97. The fourth-order valence-corrected chi connectivity index (χ4v) is 3.01. The molecule has 2 rings (SSSR count). The fourth-order valence-electron chi connectivity index (χ4n) is 3.01. The topological polar surface area (TPSA) is 29.1 Å². The molecule has 0 radical (unpaired) electrons. The van der Waals surface area contributed by atoms with Crippen molar-refractivity contribution in [1.82, 2.24) is 5.32 Å². The van der Waals surface area contributed by atoms with Crippen LogP contribution in [0.2, 0.25) is 0 Å². The summed E-state index contributed by atoms with van der Waals surface area (Å²) in [6, 6.07) is 3.58. The van der Waals surface area contributed by atoms with E-state index in [-0.39, 0.29) is 11.8 Å². The number of benzene rings is 1. The maximum atomic E-state index is 13.4. The summed E-state index contributed by atoms with van der Waals surface area (Å²) in [6.45, 7) is 0. The SMILES string of the molecule is CNC(=O)CC(c1cc(F)cc(F)c1)C1CCCC1. The zero-order valence-electron chi connectivity index (χ0n) is 11.1.